The topological polar surface area (TPSA) is 86.8 Å². The molecule has 2 rings (SSSR count). The summed E-state index contributed by atoms with van der Waals surface area (Å²) in [5.74, 6) is -0.245. The lowest BCUT2D eigenvalue weighted by atomic mass is 10.1. The van der Waals surface area contributed by atoms with Crippen molar-refractivity contribution in [2.45, 2.75) is 53.1 Å². The zero-order chi connectivity index (χ0) is 27.0. The first kappa shape index (κ1) is 29.9. The Labute approximate surface area is 224 Å². The van der Waals surface area contributed by atoms with Gasteiger partial charge in [-0.05, 0) is 55.5 Å². The maximum Gasteiger partial charge on any atom is 0.242 e. The summed E-state index contributed by atoms with van der Waals surface area (Å²) >= 11 is 12.2. The first-order valence-corrected chi connectivity index (χ1v) is 14.5. The highest BCUT2D eigenvalue weighted by Crippen LogP contribution is 2.25. The second-order valence-electron chi connectivity index (χ2n) is 9.31. The molecule has 0 aliphatic rings. The summed E-state index contributed by atoms with van der Waals surface area (Å²) in [7, 11) is -3.54. The monoisotopic (exact) mass is 555 g/mol. The predicted molar refractivity (Wildman–Crippen MR) is 147 cm³/mol. The largest absolute Gasteiger partial charge is 0.354 e. The summed E-state index contributed by atoms with van der Waals surface area (Å²) in [5.41, 5.74) is 2.14. The predicted octanol–water partition coefficient (Wildman–Crippen LogP) is 5.04. The Hall–Kier alpha value is -2.29. The molecule has 0 aliphatic heterocycles. The molecule has 10 heteroatoms. The first-order valence-electron chi connectivity index (χ1n) is 11.9. The number of aryl methyl sites for hydroxylation is 1. The number of nitrogens with one attached hydrogen (secondary N) is 1. The number of amides is 2. The van der Waals surface area contributed by atoms with E-state index in [-0.39, 0.29) is 37.2 Å². The number of carbonyl (C=O) groups excluding carboxylic acids is 2. The van der Waals surface area contributed by atoms with Gasteiger partial charge in [-0.15, -0.1) is 0 Å². The summed E-state index contributed by atoms with van der Waals surface area (Å²) in [6.07, 6.45) is 1.51. The third-order valence-electron chi connectivity index (χ3n) is 5.73. The molecule has 1 atom stereocenters. The Morgan fingerprint density at radius 3 is 2.28 bits per heavy atom. The van der Waals surface area contributed by atoms with Crippen LogP contribution in [-0.4, -0.2) is 50.5 Å². The van der Waals surface area contributed by atoms with E-state index in [1.54, 1.807) is 37.3 Å². The van der Waals surface area contributed by atoms with Crippen molar-refractivity contribution in [1.82, 2.24) is 10.2 Å². The van der Waals surface area contributed by atoms with Crippen LogP contribution in [-0.2, 0) is 26.2 Å². The molecule has 0 heterocycles. The highest BCUT2D eigenvalue weighted by Gasteiger charge is 2.27. The summed E-state index contributed by atoms with van der Waals surface area (Å²) in [6.45, 7) is 8.31. The van der Waals surface area contributed by atoms with Crippen molar-refractivity contribution >= 4 is 50.7 Å². The van der Waals surface area contributed by atoms with Crippen molar-refractivity contribution in [3.63, 3.8) is 0 Å². The zero-order valence-corrected chi connectivity index (χ0v) is 23.8. The minimum absolute atomic E-state index is 0.0705. The molecule has 198 valence electrons. The van der Waals surface area contributed by atoms with Crippen molar-refractivity contribution in [2.24, 2.45) is 5.92 Å². The van der Waals surface area contributed by atoms with E-state index in [1.165, 1.54) is 9.21 Å². The van der Waals surface area contributed by atoms with Gasteiger partial charge in [-0.1, -0.05) is 61.3 Å². The quantitative estimate of drug-likeness (QED) is 0.397. The smallest absolute Gasteiger partial charge is 0.242 e. The van der Waals surface area contributed by atoms with Crippen LogP contribution in [0.15, 0.2) is 42.5 Å². The van der Waals surface area contributed by atoms with Gasteiger partial charge in [0, 0.05) is 26.1 Å². The molecule has 2 amide bonds. The second kappa shape index (κ2) is 13.3. The molecule has 1 N–H and O–H groups in total. The van der Waals surface area contributed by atoms with Gasteiger partial charge in [0.2, 0.25) is 21.8 Å². The molecule has 1 unspecified atom stereocenters. The lowest BCUT2D eigenvalue weighted by Gasteiger charge is -2.30. The Morgan fingerprint density at radius 2 is 1.69 bits per heavy atom. The van der Waals surface area contributed by atoms with Gasteiger partial charge in [-0.3, -0.25) is 13.9 Å². The van der Waals surface area contributed by atoms with E-state index < -0.39 is 16.1 Å². The van der Waals surface area contributed by atoms with Gasteiger partial charge >= 0.3 is 0 Å². The molecule has 0 aromatic heterocycles. The van der Waals surface area contributed by atoms with E-state index >= 15 is 0 Å². The van der Waals surface area contributed by atoms with Crippen LogP contribution in [0.1, 0.15) is 44.7 Å². The normalized spacial score (nSPS) is 12.3. The molecular formula is C26H35Cl2N3O4S. The van der Waals surface area contributed by atoms with Crippen LogP contribution < -0.4 is 9.62 Å². The molecule has 0 radical (unpaired) electrons. The summed E-state index contributed by atoms with van der Waals surface area (Å²) < 4.78 is 26.3. The van der Waals surface area contributed by atoms with E-state index in [2.05, 4.69) is 5.32 Å². The van der Waals surface area contributed by atoms with Gasteiger partial charge in [0.05, 0.1) is 22.0 Å². The van der Waals surface area contributed by atoms with Gasteiger partial charge in [0.15, 0.2) is 0 Å². The maximum absolute atomic E-state index is 13.3. The number of hydrogen-bond acceptors (Lipinski definition) is 4. The first-order chi connectivity index (χ1) is 16.8. The van der Waals surface area contributed by atoms with Crippen LogP contribution in [0.2, 0.25) is 10.0 Å². The van der Waals surface area contributed by atoms with Crippen LogP contribution in [0.5, 0.6) is 0 Å². The highest BCUT2D eigenvalue weighted by molar-refractivity contribution is 7.92. The van der Waals surface area contributed by atoms with Gasteiger partial charge in [0.25, 0.3) is 0 Å². The minimum atomic E-state index is -3.54. The third kappa shape index (κ3) is 8.68. The van der Waals surface area contributed by atoms with Gasteiger partial charge in [0.1, 0.15) is 6.04 Å². The molecule has 0 fully saturated rings. The minimum Gasteiger partial charge on any atom is -0.354 e. The Kier molecular flexibility index (Phi) is 11.1. The fourth-order valence-corrected chi connectivity index (χ4v) is 5.04. The molecule has 0 spiro atoms. The van der Waals surface area contributed by atoms with E-state index in [9.17, 15) is 18.0 Å². The summed E-state index contributed by atoms with van der Waals surface area (Å²) in [5, 5.41) is 3.64. The molecular weight excluding hydrogens is 521 g/mol. The lowest BCUT2D eigenvalue weighted by Crippen LogP contribution is -2.48. The zero-order valence-electron chi connectivity index (χ0n) is 21.4. The number of sulfonamides is 1. The van der Waals surface area contributed by atoms with Crippen LogP contribution in [0.4, 0.5) is 5.69 Å². The van der Waals surface area contributed by atoms with Crippen LogP contribution >= 0.6 is 23.2 Å². The van der Waals surface area contributed by atoms with Gasteiger partial charge in [-0.2, -0.15) is 0 Å². The molecule has 0 saturated carbocycles. The Balaban J connectivity index is 2.20. The maximum atomic E-state index is 13.3. The van der Waals surface area contributed by atoms with E-state index in [0.717, 1.165) is 17.4 Å². The number of anilines is 1. The van der Waals surface area contributed by atoms with Crippen molar-refractivity contribution in [2.75, 3.05) is 23.7 Å². The average Bonchev–Trinajstić information content (AvgIpc) is 2.80. The second-order valence-corrected chi connectivity index (χ2v) is 12.0. The number of rotatable bonds is 12. The standard InChI is InChI=1S/C26H35Cl2N3O4S/c1-18(2)16-29-26(33)20(4)30(17-21-12-13-22(27)23(28)15-21)25(32)11-8-14-31(36(5,34)35)24-10-7-6-9-19(24)3/h6-7,9-10,12-13,15,18,20H,8,11,14,16-17H2,1-5H3,(H,29,33). The lowest BCUT2D eigenvalue weighted by molar-refractivity contribution is -0.140. The van der Waals surface area contributed by atoms with E-state index in [4.69, 9.17) is 23.2 Å². The number of halogens is 2. The third-order valence-corrected chi connectivity index (χ3v) is 7.64. The summed E-state index contributed by atoms with van der Waals surface area (Å²) in [4.78, 5) is 27.6. The van der Waals surface area contributed by atoms with E-state index in [1.807, 2.05) is 32.9 Å². The molecule has 0 bridgehead atoms. The van der Waals surface area contributed by atoms with Crippen LogP contribution in [0.25, 0.3) is 0 Å². The molecule has 7 nitrogen and oxygen atoms in total. The van der Waals surface area contributed by atoms with Crippen LogP contribution in [0.3, 0.4) is 0 Å². The van der Waals surface area contributed by atoms with Gasteiger partial charge in [-0.25, -0.2) is 8.42 Å². The van der Waals surface area contributed by atoms with Crippen molar-refractivity contribution in [3.05, 3.63) is 63.6 Å². The van der Waals surface area contributed by atoms with Crippen molar-refractivity contribution in [1.29, 1.82) is 0 Å². The molecule has 2 aromatic carbocycles. The van der Waals surface area contributed by atoms with Crippen molar-refractivity contribution in [3.8, 4) is 0 Å². The summed E-state index contributed by atoms with van der Waals surface area (Å²) in [6, 6.07) is 11.6. The molecule has 0 saturated heterocycles. The Morgan fingerprint density at radius 1 is 1.03 bits per heavy atom. The fourth-order valence-electron chi connectivity index (χ4n) is 3.70. The van der Waals surface area contributed by atoms with E-state index in [0.29, 0.717) is 28.7 Å². The number of hydrogen-bond donors (Lipinski definition) is 1. The van der Waals surface area contributed by atoms with Crippen LogP contribution in [0, 0.1) is 12.8 Å². The number of para-hydroxylation sites is 1. The highest BCUT2D eigenvalue weighted by atomic mass is 35.5. The average molecular weight is 557 g/mol. The van der Waals surface area contributed by atoms with Crippen molar-refractivity contribution < 1.29 is 18.0 Å². The van der Waals surface area contributed by atoms with Gasteiger partial charge < -0.3 is 10.2 Å². The molecule has 36 heavy (non-hydrogen) atoms. The number of carbonyl (C=O) groups is 2. The molecule has 0 aliphatic carbocycles. The Bertz CT molecular complexity index is 1170. The number of nitrogens with zero attached hydrogens (tertiary/aromatic N) is 2. The fraction of sp³-hybridized carbons (Fsp3) is 0.462. The molecule has 2 aromatic rings. The number of benzene rings is 2. The SMILES string of the molecule is Cc1ccccc1N(CCCC(=O)N(Cc1ccc(Cl)c(Cl)c1)C(C)C(=O)NCC(C)C)S(C)(=O)=O.